The number of carbonyl (C=O) groups excluding carboxylic acids is 2. The van der Waals surface area contributed by atoms with Gasteiger partial charge in [-0.15, -0.1) is 0 Å². The summed E-state index contributed by atoms with van der Waals surface area (Å²) < 4.78 is 27.0. The number of carbonyl (C=O) groups is 2. The maximum Gasteiger partial charge on any atom is 0.262 e. The molecule has 0 spiro atoms. The van der Waals surface area contributed by atoms with Gasteiger partial charge in [-0.05, 0) is 18.2 Å². The van der Waals surface area contributed by atoms with Crippen molar-refractivity contribution in [1.29, 1.82) is 0 Å². The zero-order valence-electron chi connectivity index (χ0n) is 15.6. The van der Waals surface area contributed by atoms with E-state index in [0.717, 1.165) is 0 Å². The van der Waals surface area contributed by atoms with Crippen LogP contribution in [0.1, 0.15) is 28.8 Å². The van der Waals surface area contributed by atoms with Crippen molar-refractivity contribution in [1.82, 2.24) is 4.90 Å². The van der Waals surface area contributed by atoms with Gasteiger partial charge in [0.25, 0.3) is 11.8 Å². The van der Waals surface area contributed by atoms with Crippen LogP contribution in [0.2, 0.25) is 0 Å². The molecule has 3 aliphatic heterocycles. The minimum absolute atomic E-state index is 0.208. The first-order valence-corrected chi connectivity index (χ1v) is 9.61. The van der Waals surface area contributed by atoms with Gasteiger partial charge < -0.3 is 5.32 Å². The van der Waals surface area contributed by atoms with Gasteiger partial charge >= 0.3 is 0 Å². The highest BCUT2D eigenvalue weighted by atomic mass is 19.3. The third-order valence-electron chi connectivity index (χ3n) is 5.76. The molecule has 0 aliphatic carbocycles. The third-order valence-corrected chi connectivity index (χ3v) is 5.76. The molecule has 29 heavy (non-hydrogen) atoms. The molecule has 0 unspecified atom stereocenters. The third kappa shape index (κ3) is 2.93. The van der Waals surface area contributed by atoms with E-state index < -0.39 is 5.92 Å². The van der Waals surface area contributed by atoms with E-state index >= 15 is 0 Å². The van der Waals surface area contributed by atoms with Gasteiger partial charge in [-0.3, -0.25) is 19.4 Å². The highest BCUT2D eigenvalue weighted by molar-refractivity contribution is 6.39. The first kappa shape index (κ1) is 18.0. The Hall–Kier alpha value is -3.06. The fourth-order valence-corrected chi connectivity index (χ4v) is 4.18. The van der Waals surface area contributed by atoms with Crippen molar-refractivity contribution < 1.29 is 18.4 Å². The second-order valence-corrected chi connectivity index (χ2v) is 7.62. The Morgan fingerprint density at radius 1 is 0.931 bits per heavy atom. The minimum Gasteiger partial charge on any atom is -0.351 e. The summed E-state index contributed by atoms with van der Waals surface area (Å²) in [5.41, 5.74) is 3.21. The van der Waals surface area contributed by atoms with Crippen LogP contribution in [0, 0.1) is 0 Å². The van der Waals surface area contributed by atoms with Crippen LogP contribution >= 0.6 is 0 Å². The first-order valence-electron chi connectivity index (χ1n) is 9.61. The summed E-state index contributed by atoms with van der Waals surface area (Å²) in [7, 11) is 0. The molecule has 3 aliphatic rings. The molecule has 1 amide bonds. The molecule has 2 aromatic carbocycles. The number of likely N-dealkylation sites (tertiary alicyclic amines) is 1. The number of alkyl halides is 2. The topological polar surface area (TPSA) is 52.7 Å². The van der Waals surface area contributed by atoms with Crippen molar-refractivity contribution >= 4 is 28.6 Å². The van der Waals surface area contributed by atoms with Gasteiger partial charge in [-0.25, -0.2) is 8.78 Å². The van der Waals surface area contributed by atoms with Crippen molar-refractivity contribution in [2.24, 2.45) is 0 Å². The molecule has 0 bridgehead atoms. The molecule has 0 saturated carbocycles. The van der Waals surface area contributed by atoms with Crippen LogP contribution in [-0.4, -0.2) is 42.3 Å². The summed E-state index contributed by atoms with van der Waals surface area (Å²) in [6.07, 6.45) is -0.417. The van der Waals surface area contributed by atoms with Gasteiger partial charge in [0.15, 0.2) is 0 Å². The van der Waals surface area contributed by atoms with Gasteiger partial charge in [0, 0.05) is 42.7 Å². The molecule has 5 nitrogen and oxygen atoms in total. The summed E-state index contributed by atoms with van der Waals surface area (Å²) in [5, 5.41) is 3.10. The van der Waals surface area contributed by atoms with Gasteiger partial charge in [0.05, 0.1) is 17.9 Å². The number of Topliss-reactive ketones (excluding diaryl/α,β-unsaturated/α-hetero) is 1. The first-order chi connectivity index (χ1) is 13.9. The molecule has 148 valence electrons. The summed E-state index contributed by atoms with van der Waals surface area (Å²) in [6.45, 7) is 0.685. The molecular weight excluding hydrogens is 376 g/mol. The number of benzene rings is 2. The molecule has 1 saturated heterocycles. The maximum absolute atomic E-state index is 13.5. The average molecular weight is 395 g/mol. The van der Waals surface area contributed by atoms with Crippen LogP contribution in [0.3, 0.4) is 0 Å². The zero-order chi connectivity index (χ0) is 20.2. The molecule has 7 heteroatoms. The Balaban J connectivity index is 1.50. The normalized spacial score (nSPS) is 23.2. The van der Waals surface area contributed by atoms with Crippen LogP contribution < -0.4 is 10.2 Å². The fourth-order valence-electron chi connectivity index (χ4n) is 4.18. The standard InChI is InChI=1S/C22H19F2N3O2/c23-22(24)9-11-26(12-10-22)13-27-17-8-4-2-6-15(17)18(21(27)29)19-20(28)14-5-1-3-7-16(14)25-19/h1-8,25H,9-13H2/b19-18-. The number of amides is 1. The van der Waals surface area contributed by atoms with E-state index in [1.165, 1.54) is 0 Å². The second kappa shape index (κ2) is 6.49. The van der Waals surface area contributed by atoms with Crippen LogP contribution in [0.15, 0.2) is 54.2 Å². The number of halogens is 2. The number of hydrogen-bond donors (Lipinski definition) is 1. The lowest BCUT2D eigenvalue weighted by atomic mass is 10.0. The molecule has 2 aromatic rings. The molecule has 1 fully saturated rings. The number of ketones is 1. The highest BCUT2D eigenvalue weighted by Crippen LogP contribution is 2.42. The van der Waals surface area contributed by atoms with E-state index in [4.69, 9.17) is 0 Å². The quantitative estimate of drug-likeness (QED) is 0.787. The van der Waals surface area contributed by atoms with Crippen LogP contribution in [0.25, 0.3) is 5.57 Å². The lowest BCUT2D eigenvalue weighted by molar-refractivity contribution is -0.113. The van der Waals surface area contributed by atoms with E-state index in [-0.39, 0.29) is 50.0 Å². The number of piperidine rings is 1. The number of anilines is 2. The largest absolute Gasteiger partial charge is 0.351 e. The van der Waals surface area contributed by atoms with Crippen molar-refractivity contribution in [3.8, 4) is 0 Å². The van der Waals surface area contributed by atoms with E-state index in [9.17, 15) is 18.4 Å². The molecular formula is C22H19F2N3O2. The lowest BCUT2D eigenvalue weighted by Crippen LogP contribution is -2.46. The summed E-state index contributed by atoms with van der Waals surface area (Å²) in [5.74, 6) is -3.13. The number of rotatable bonds is 2. The van der Waals surface area contributed by atoms with Gasteiger partial charge in [-0.1, -0.05) is 30.3 Å². The summed E-state index contributed by atoms with van der Waals surface area (Å²) >= 11 is 0. The molecule has 0 atom stereocenters. The van der Waals surface area contributed by atoms with Gasteiger partial charge in [0.1, 0.15) is 5.70 Å². The van der Waals surface area contributed by atoms with Gasteiger partial charge in [-0.2, -0.15) is 0 Å². The molecule has 0 aromatic heterocycles. The average Bonchev–Trinajstić information content (AvgIpc) is 3.18. The number of nitrogens with one attached hydrogen (secondary N) is 1. The second-order valence-electron chi connectivity index (χ2n) is 7.62. The van der Waals surface area contributed by atoms with Crippen molar-refractivity contribution in [3.63, 3.8) is 0 Å². The molecule has 0 radical (unpaired) electrons. The molecule has 1 N–H and O–H groups in total. The van der Waals surface area contributed by atoms with E-state index in [1.54, 1.807) is 23.1 Å². The molecule has 5 rings (SSSR count). The number of allylic oxidation sites excluding steroid dienone is 1. The number of hydrogen-bond acceptors (Lipinski definition) is 4. The van der Waals surface area contributed by atoms with Crippen molar-refractivity contribution in [3.05, 3.63) is 65.4 Å². The number of nitrogens with zero attached hydrogens (tertiary/aromatic N) is 2. The van der Waals surface area contributed by atoms with Crippen LogP contribution in [0.5, 0.6) is 0 Å². The highest BCUT2D eigenvalue weighted by Gasteiger charge is 2.41. The monoisotopic (exact) mass is 395 g/mol. The Morgan fingerprint density at radius 3 is 2.31 bits per heavy atom. The maximum atomic E-state index is 13.5. The fraction of sp³-hybridized carbons (Fsp3) is 0.273. The number of para-hydroxylation sites is 2. The summed E-state index contributed by atoms with van der Waals surface area (Å²) in [6, 6.07) is 14.4. The van der Waals surface area contributed by atoms with E-state index in [2.05, 4.69) is 5.32 Å². The molecule has 3 heterocycles. The van der Waals surface area contributed by atoms with Gasteiger partial charge in [0.2, 0.25) is 5.78 Å². The van der Waals surface area contributed by atoms with Crippen molar-refractivity contribution in [2.45, 2.75) is 18.8 Å². The zero-order valence-corrected chi connectivity index (χ0v) is 15.6. The Bertz CT molecular complexity index is 1050. The predicted molar refractivity (Wildman–Crippen MR) is 106 cm³/mol. The smallest absolute Gasteiger partial charge is 0.262 e. The van der Waals surface area contributed by atoms with Crippen LogP contribution in [-0.2, 0) is 4.79 Å². The lowest BCUT2D eigenvalue weighted by Gasteiger charge is -2.34. The predicted octanol–water partition coefficient (Wildman–Crippen LogP) is 3.74. The minimum atomic E-state index is -2.64. The SMILES string of the molecule is O=C1/C(=C2/C(=O)N(CN3CCC(F)(F)CC3)c3ccccc32)Nc2ccccc21. The van der Waals surface area contributed by atoms with Crippen LogP contribution in [0.4, 0.5) is 20.2 Å². The van der Waals surface area contributed by atoms with Crippen molar-refractivity contribution in [2.75, 3.05) is 30.0 Å². The Kier molecular flexibility index (Phi) is 4.03. The van der Waals surface area contributed by atoms with E-state index in [1.807, 2.05) is 35.2 Å². The Labute approximate surface area is 166 Å². The van der Waals surface area contributed by atoms with E-state index in [0.29, 0.717) is 28.1 Å². The number of fused-ring (bicyclic) bond motifs is 2. The Morgan fingerprint density at radius 2 is 1.59 bits per heavy atom. The summed E-state index contributed by atoms with van der Waals surface area (Å²) in [4.78, 5) is 29.7.